The molecule has 25 heavy (non-hydrogen) atoms. The third kappa shape index (κ3) is 3.62. The standard InChI is InChI=1S/C16H16N4OS.CH2O2/c17-8-10-1-2-12-14(7-10)22-19-15(12)16(21)18-13-9-20-5-3-11(13)4-6-20;2-1-3/h1-2,7,11,13H,3-6,9H2,(H,18,21);1H,(H,2,3)/t13-;/m0./s1. The summed E-state index contributed by atoms with van der Waals surface area (Å²) in [5.74, 6) is 0.513. The first-order valence-corrected chi connectivity index (χ1v) is 8.84. The van der Waals surface area contributed by atoms with Gasteiger partial charge in [-0.25, -0.2) is 0 Å². The van der Waals surface area contributed by atoms with Gasteiger partial charge in [0.05, 0.1) is 16.3 Å². The van der Waals surface area contributed by atoms with Crippen LogP contribution in [0.4, 0.5) is 0 Å². The van der Waals surface area contributed by atoms with Gasteiger partial charge in [0.2, 0.25) is 0 Å². The molecule has 1 aromatic carbocycles. The van der Waals surface area contributed by atoms with Gasteiger partial charge in [0.15, 0.2) is 0 Å². The third-order valence-corrected chi connectivity index (χ3v) is 5.60. The lowest BCUT2D eigenvalue weighted by Crippen LogP contribution is -2.57. The molecule has 4 heterocycles. The molecule has 0 radical (unpaired) electrons. The quantitative estimate of drug-likeness (QED) is 0.791. The number of amides is 1. The fourth-order valence-corrected chi connectivity index (χ4v) is 4.35. The van der Waals surface area contributed by atoms with Crippen LogP contribution in [0.2, 0.25) is 0 Å². The molecule has 2 aromatic rings. The van der Waals surface area contributed by atoms with Gasteiger partial charge >= 0.3 is 0 Å². The van der Waals surface area contributed by atoms with Crippen molar-refractivity contribution in [1.82, 2.24) is 14.6 Å². The highest BCUT2D eigenvalue weighted by Gasteiger charge is 2.35. The smallest absolute Gasteiger partial charge is 0.290 e. The Balaban J connectivity index is 0.000000569. The Morgan fingerprint density at radius 1 is 1.44 bits per heavy atom. The summed E-state index contributed by atoms with van der Waals surface area (Å²) in [6.45, 7) is 3.03. The van der Waals surface area contributed by atoms with Crippen molar-refractivity contribution in [2.45, 2.75) is 18.9 Å². The van der Waals surface area contributed by atoms with Crippen LogP contribution in [-0.2, 0) is 4.79 Å². The molecule has 2 bridgehead atoms. The van der Waals surface area contributed by atoms with E-state index in [2.05, 4.69) is 20.7 Å². The Hall–Kier alpha value is -2.50. The maximum Gasteiger partial charge on any atom is 0.290 e. The lowest BCUT2D eigenvalue weighted by atomic mass is 9.84. The summed E-state index contributed by atoms with van der Waals surface area (Å²) in [5.41, 5.74) is 1.08. The van der Waals surface area contributed by atoms with E-state index in [0.29, 0.717) is 17.2 Å². The molecule has 0 unspecified atom stereocenters. The minimum atomic E-state index is -0.250. The van der Waals surface area contributed by atoms with E-state index in [0.717, 1.165) is 29.7 Å². The number of aromatic nitrogens is 1. The SMILES string of the molecule is N#Cc1ccc2c(C(=O)N[C@H]3CN4CCC3CC4)nsc2c1.O=CO. The van der Waals surface area contributed by atoms with Gasteiger partial charge in [0, 0.05) is 18.0 Å². The molecule has 3 saturated heterocycles. The summed E-state index contributed by atoms with van der Waals surface area (Å²) in [4.78, 5) is 23.3. The first-order chi connectivity index (χ1) is 12.2. The molecular weight excluding hydrogens is 340 g/mol. The molecule has 0 aliphatic carbocycles. The van der Waals surface area contributed by atoms with Crippen molar-refractivity contribution >= 4 is 34.0 Å². The molecule has 0 saturated carbocycles. The van der Waals surface area contributed by atoms with E-state index in [1.165, 1.54) is 24.4 Å². The minimum absolute atomic E-state index is 0.0882. The van der Waals surface area contributed by atoms with Crippen LogP contribution in [0.1, 0.15) is 28.9 Å². The van der Waals surface area contributed by atoms with E-state index in [4.69, 9.17) is 15.2 Å². The Labute approximate surface area is 149 Å². The number of hydrogen-bond donors (Lipinski definition) is 2. The largest absolute Gasteiger partial charge is 0.483 e. The highest BCUT2D eigenvalue weighted by atomic mass is 32.1. The molecule has 3 aliphatic rings. The van der Waals surface area contributed by atoms with Crippen LogP contribution >= 0.6 is 11.5 Å². The van der Waals surface area contributed by atoms with Crippen molar-refractivity contribution in [2.75, 3.05) is 19.6 Å². The van der Waals surface area contributed by atoms with Gasteiger partial charge in [-0.1, -0.05) is 0 Å². The van der Waals surface area contributed by atoms with Crippen molar-refractivity contribution in [3.8, 4) is 6.07 Å². The maximum atomic E-state index is 12.6. The van der Waals surface area contributed by atoms with Crippen LogP contribution in [0.15, 0.2) is 18.2 Å². The predicted molar refractivity (Wildman–Crippen MR) is 93.4 cm³/mol. The summed E-state index contributed by atoms with van der Waals surface area (Å²) in [5, 5.41) is 19.8. The van der Waals surface area contributed by atoms with Crippen LogP contribution in [0.25, 0.3) is 10.1 Å². The van der Waals surface area contributed by atoms with Gasteiger partial charge in [0.1, 0.15) is 5.69 Å². The molecule has 8 heteroatoms. The first-order valence-electron chi connectivity index (χ1n) is 8.07. The molecule has 5 rings (SSSR count). The summed E-state index contributed by atoms with van der Waals surface area (Å²) in [6.07, 6.45) is 2.35. The van der Waals surface area contributed by atoms with E-state index < -0.39 is 0 Å². The number of nitriles is 1. The van der Waals surface area contributed by atoms with Crippen molar-refractivity contribution in [3.05, 3.63) is 29.5 Å². The second-order valence-corrected chi connectivity index (χ2v) is 6.98. The highest BCUT2D eigenvalue weighted by Crippen LogP contribution is 2.28. The number of fused-ring (bicyclic) bond motifs is 4. The minimum Gasteiger partial charge on any atom is -0.483 e. The number of carbonyl (C=O) groups is 2. The van der Waals surface area contributed by atoms with Crippen molar-refractivity contribution in [1.29, 1.82) is 5.26 Å². The Morgan fingerprint density at radius 2 is 2.16 bits per heavy atom. The van der Waals surface area contributed by atoms with Crippen molar-refractivity contribution in [3.63, 3.8) is 0 Å². The lowest BCUT2D eigenvalue weighted by Gasteiger charge is -2.44. The number of nitrogens with one attached hydrogen (secondary N) is 1. The van der Waals surface area contributed by atoms with Crippen LogP contribution in [0, 0.1) is 17.2 Å². The van der Waals surface area contributed by atoms with E-state index >= 15 is 0 Å². The van der Waals surface area contributed by atoms with E-state index in [1.807, 2.05) is 6.07 Å². The Morgan fingerprint density at radius 3 is 2.76 bits per heavy atom. The van der Waals surface area contributed by atoms with Gasteiger partial charge in [-0.2, -0.15) is 9.64 Å². The Bertz CT molecular complexity index is 821. The molecular formula is C17H18N4O3S. The van der Waals surface area contributed by atoms with Crippen molar-refractivity contribution in [2.24, 2.45) is 5.92 Å². The zero-order valence-corrected chi connectivity index (χ0v) is 14.3. The van der Waals surface area contributed by atoms with Gasteiger partial charge in [-0.05, 0) is 61.6 Å². The fraction of sp³-hybridized carbons (Fsp3) is 0.412. The normalized spacial score (nSPS) is 24.0. The predicted octanol–water partition coefficient (Wildman–Crippen LogP) is 1.69. The molecule has 130 valence electrons. The van der Waals surface area contributed by atoms with Crippen LogP contribution in [0.5, 0.6) is 0 Å². The third-order valence-electron chi connectivity index (χ3n) is 4.79. The number of nitrogens with zero attached hydrogens (tertiary/aromatic N) is 3. The molecule has 1 amide bonds. The molecule has 1 atom stereocenters. The molecule has 0 spiro atoms. The van der Waals surface area contributed by atoms with Crippen LogP contribution < -0.4 is 5.32 Å². The van der Waals surface area contributed by atoms with Gasteiger partial charge in [-0.3, -0.25) is 9.59 Å². The second-order valence-electron chi connectivity index (χ2n) is 6.18. The number of carboxylic acid groups (broad SMARTS) is 1. The number of carbonyl (C=O) groups excluding carboxylic acids is 1. The average Bonchev–Trinajstić information content (AvgIpc) is 3.06. The molecule has 3 fully saturated rings. The monoisotopic (exact) mass is 358 g/mol. The summed E-state index contributed by atoms with van der Waals surface area (Å²) >= 11 is 1.28. The number of piperidine rings is 3. The Kier molecular flexibility index (Phi) is 5.26. The van der Waals surface area contributed by atoms with Gasteiger partial charge in [-0.15, -0.1) is 0 Å². The van der Waals surface area contributed by atoms with Gasteiger partial charge in [0.25, 0.3) is 12.4 Å². The molecule has 3 aliphatic heterocycles. The van der Waals surface area contributed by atoms with Crippen molar-refractivity contribution < 1.29 is 14.7 Å². The zero-order chi connectivity index (χ0) is 17.8. The highest BCUT2D eigenvalue weighted by molar-refractivity contribution is 7.13. The average molecular weight is 358 g/mol. The number of rotatable bonds is 2. The lowest BCUT2D eigenvalue weighted by molar-refractivity contribution is -0.122. The van der Waals surface area contributed by atoms with Crippen LogP contribution in [0.3, 0.4) is 0 Å². The molecule has 1 aromatic heterocycles. The number of hydrogen-bond acceptors (Lipinski definition) is 6. The summed E-state index contributed by atoms with van der Waals surface area (Å²) in [7, 11) is 0. The van der Waals surface area contributed by atoms with E-state index in [1.54, 1.807) is 12.1 Å². The molecule has 2 N–H and O–H groups in total. The zero-order valence-electron chi connectivity index (χ0n) is 13.5. The second kappa shape index (κ2) is 7.59. The first kappa shape index (κ1) is 17.3. The summed E-state index contributed by atoms with van der Waals surface area (Å²) < 4.78 is 5.19. The topological polar surface area (TPSA) is 106 Å². The molecule has 7 nitrogen and oxygen atoms in total. The fourth-order valence-electron chi connectivity index (χ4n) is 3.54. The summed E-state index contributed by atoms with van der Waals surface area (Å²) in [6, 6.07) is 7.71. The van der Waals surface area contributed by atoms with E-state index in [-0.39, 0.29) is 18.4 Å². The number of benzene rings is 1. The van der Waals surface area contributed by atoms with E-state index in [9.17, 15) is 4.79 Å². The van der Waals surface area contributed by atoms with Gasteiger partial charge < -0.3 is 15.3 Å². The maximum absolute atomic E-state index is 12.6. The van der Waals surface area contributed by atoms with Crippen LogP contribution in [-0.4, -0.2) is 52.4 Å².